The Hall–Kier alpha value is -3.47. The lowest BCUT2D eigenvalue weighted by Crippen LogP contribution is -2.12. The highest BCUT2D eigenvalue weighted by Gasteiger charge is 2.13. The van der Waals surface area contributed by atoms with Gasteiger partial charge in [-0.25, -0.2) is 0 Å². The Morgan fingerprint density at radius 2 is 1.73 bits per heavy atom. The molecule has 1 heterocycles. The lowest BCUT2D eigenvalue weighted by Gasteiger charge is -2.13. The second-order valence-corrected chi connectivity index (χ2v) is 7.06. The monoisotopic (exact) mass is 403 g/mol. The van der Waals surface area contributed by atoms with Crippen molar-refractivity contribution in [2.24, 2.45) is 0 Å². The summed E-state index contributed by atoms with van der Waals surface area (Å²) in [7, 11) is 0. The van der Waals surface area contributed by atoms with Crippen LogP contribution in [-0.4, -0.2) is 19.1 Å². The zero-order valence-electron chi connectivity index (χ0n) is 17.2. The van der Waals surface area contributed by atoms with E-state index in [0.29, 0.717) is 36.0 Å². The van der Waals surface area contributed by atoms with E-state index in [2.05, 4.69) is 12.2 Å². The molecule has 3 aromatic carbocycles. The molecule has 1 aromatic heterocycles. The van der Waals surface area contributed by atoms with Gasteiger partial charge in [0.25, 0.3) is 5.91 Å². The van der Waals surface area contributed by atoms with Gasteiger partial charge in [0.15, 0.2) is 11.5 Å². The second kappa shape index (κ2) is 8.91. The van der Waals surface area contributed by atoms with Crippen molar-refractivity contribution in [3.63, 3.8) is 0 Å². The molecule has 0 spiro atoms. The first kappa shape index (κ1) is 19.8. The summed E-state index contributed by atoms with van der Waals surface area (Å²) in [6.45, 7) is 5.15. The average molecular weight is 403 g/mol. The summed E-state index contributed by atoms with van der Waals surface area (Å²) < 4.78 is 17.3. The first-order chi connectivity index (χ1) is 14.7. The van der Waals surface area contributed by atoms with E-state index < -0.39 is 0 Å². The van der Waals surface area contributed by atoms with Gasteiger partial charge in [-0.1, -0.05) is 31.5 Å². The average Bonchev–Trinajstić information content (AvgIpc) is 3.13. The molecule has 0 aliphatic rings. The summed E-state index contributed by atoms with van der Waals surface area (Å²) in [6.07, 6.45) is 2.03. The Morgan fingerprint density at radius 1 is 0.900 bits per heavy atom. The SMILES string of the molecule is CCCCOc1ccc(C(=O)Nc2ccc3oc4ccccc4c3c2)cc1OCC. The Morgan fingerprint density at radius 3 is 2.57 bits per heavy atom. The van der Waals surface area contributed by atoms with Crippen LogP contribution in [0.25, 0.3) is 21.9 Å². The highest BCUT2D eigenvalue weighted by atomic mass is 16.5. The number of rotatable bonds is 8. The fraction of sp³-hybridized carbons (Fsp3) is 0.240. The van der Waals surface area contributed by atoms with Gasteiger partial charge in [0.1, 0.15) is 11.2 Å². The van der Waals surface area contributed by atoms with E-state index in [1.807, 2.05) is 49.4 Å². The zero-order chi connectivity index (χ0) is 20.9. The van der Waals surface area contributed by atoms with Crippen LogP contribution in [0.5, 0.6) is 11.5 Å². The van der Waals surface area contributed by atoms with Gasteiger partial charge in [-0.3, -0.25) is 4.79 Å². The van der Waals surface area contributed by atoms with Crippen LogP contribution in [0.15, 0.2) is 65.1 Å². The maximum absolute atomic E-state index is 12.8. The van der Waals surface area contributed by atoms with Crippen LogP contribution in [0.2, 0.25) is 0 Å². The molecule has 0 saturated heterocycles. The van der Waals surface area contributed by atoms with Gasteiger partial charge in [0.05, 0.1) is 13.2 Å². The summed E-state index contributed by atoms with van der Waals surface area (Å²) in [5.74, 6) is 1.04. The van der Waals surface area contributed by atoms with Gasteiger partial charge in [0.2, 0.25) is 0 Å². The topological polar surface area (TPSA) is 60.7 Å². The molecule has 5 heteroatoms. The zero-order valence-corrected chi connectivity index (χ0v) is 17.2. The van der Waals surface area contributed by atoms with Gasteiger partial charge in [0, 0.05) is 22.0 Å². The number of hydrogen-bond donors (Lipinski definition) is 1. The van der Waals surface area contributed by atoms with E-state index in [9.17, 15) is 4.79 Å². The number of nitrogens with one attached hydrogen (secondary N) is 1. The molecule has 4 aromatic rings. The van der Waals surface area contributed by atoms with Gasteiger partial charge in [-0.05, 0) is 55.8 Å². The van der Waals surface area contributed by atoms with Crippen LogP contribution < -0.4 is 14.8 Å². The van der Waals surface area contributed by atoms with E-state index in [0.717, 1.165) is 34.8 Å². The van der Waals surface area contributed by atoms with Crippen LogP contribution >= 0.6 is 0 Å². The molecule has 0 aliphatic heterocycles. The fourth-order valence-electron chi connectivity index (χ4n) is 3.37. The molecule has 0 atom stereocenters. The number of carbonyl (C=O) groups is 1. The molecule has 154 valence electrons. The smallest absolute Gasteiger partial charge is 0.255 e. The highest BCUT2D eigenvalue weighted by molar-refractivity contribution is 6.09. The Bertz CT molecular complexity index is 1180. The number of ether oxygens (including phenoxy) is 2. The Labute approximate surface area is 175 Å². The van der Waals surface area contributed by atoms with Crippen LogP contribution in [0.3, 0.4) is 0 Å². The molecule has 0 bridgehead atoms. The lowest BCUT2D eigenvalue weighted by molar-refractivity contribution is 0.102. The number of fused-ring (bicyclic) bond motifs is 3. The van der Waals surface area contributed by atoms with Crippen LogP contribution in [-0.2, 0) is 0 Å². The van der Waals surface area contributed by atoms with Gasteiger partial charge < -0.3 is 19.2 Å². The third-order valence-electron chi connectivity index (χ3n) is 4.90. The van der Waals surface area contributed by atoms with E-state index >= 15 is 0 Å². The van der Waals surface area contributed by atoms with Gasteiger partial charge >= 0.3 is 0 Å². The summed E-state index contributed by atoms with van der Waals surface area (Å²) in [4.78, 5) is 12.8. The minimum Gasteiger partial charge on any atom is -0.490 e. The molecule has 0 saturated carbocycles. The van der Waals surface area contributed by atoms with E-state index in [1.54, 1.807) is 18.2 Å². The van der Waals surface area contributed by atoms with Crippen molar-refractivity contribution in [1.29, 1.82) is 0 Å². The maximum Gasteiger partial charge on any atom is 0.255 e. The second-order valence-electron chi connectivity index (χ2n) is 7.06. The molecule has 0 fully saturated rings. The third-order valence-corrected chi connectivity index (χ3v) is 4.90. The molecule has 0 radical (unpaired) electrons. The van der Waals surface area contributed by atoms with Crippen molar-refractivity contribution in [1.82, 2.24) is 0 Å². The number of benzene rings is 3. The van der Waals surface area contributed by atoms with E-state index in [-0.39, 0.29) is 5.91 Å². The number of hydrogen-bond acceptors (Lipinski definition) is 4. The van der Waals surface area contributed by atoms with Crippen LogP contribution in [0, 0.1) is 0 Å². The quantitative estimate of drug-likeness (QED) is 0.345. The Kier molecular flexibility index (Phi) is 5.89. The minimum atomic E-state index is -0.205. The highest BCUT2D eigenvalue weighted by Crippen LogP contribution is 2.32. The molecule has 1 N–H and O–H groups in total. The third kappa shape index (κ3) is 4.10. The Balaban J connectivity index is 1.57. The normalized spacial score (nSPS) is 11.0. The van der Waals surface area contributed by atoms with Crippen molar-refractivity contribution in [2.75, 3.05) is 18.5 Å². The minimum absolute atomic E-state index is 0.205. The summed E-state index contributed by atoms with van der Waals surface area (Å²) in [6, 6.07) is 18.8. The van der Waals surface area contributed by atoms with Crippen LogP contribution in [0.4, 0.5) is 5.69 Å². The molecule has 0 aliphatic carbocycles. The molecule has 1 amide bonds. The number of anilines is 1. The maximum atomic E-state index is 12.8. The predicted octanol–water partition coefficient (Wildman–Crippen LogP) is 6.42. The standard InChI is InChI=1S/C25H25NO4/c1-3-5-14-29-23-12-10-17(15-24(23)28-4-2)25(27)26-18-11-13-22-20(16-18)19-8-6-7-9-21(19)30-22/h6-13,15-16H,3-5,14H2,1-2H3,(H,26,27). The molecule has 30 heavy (non-hydrogen) atoms. The van der Waals surface area contributed by atoms with E-state index in [4.69, 9.17) is 13.9 Å². The molecule has 4 rings (SSSR count). The van der Waals surface area contributed by atoms with Crippen molar-refractivity contribution in [3.8, 4) is 11.5 Å². The number of unbranched alkanes of at least 4 members (excludes halogenated alkanes) is 1. The fourth-order valence-corrected chi connectivity index (χ4v) is 3.37. The molecule has 0 unspecified atom stereocenters. The van der Waals surface area contributed by atoms with Crippen molar-refractivity contribution in [3.05, 3.63) is 66.2 Å². The molecular formula is C25H25NO4. The van der Waals surface area contributed by atoms with Crippen molar-refractivity contribution >= 4 is 33.5 Å². The number of amides is 1. The first-order valence-corrected chi connectivity index (χ1v) is 10.3. The number of carbonyl (C=O) groups excluding carboxylic acids is 1. The van der Waals surface area contributed by atoms with Gasteiger partial charge in [-0.15, -0.1) is 0 Å². The van der Waals surface area contributed by atoms with Crippen molar-refractivity contribution in [2.45, 2.75) is 26.7 Å². The lowest BCUT2D eigenvalue weighted by atomic mass is 10.1. The number of para-hydroxylation sites is 1. The molecule has 5 nitrogen and oxygen atoms in total. The van der Waals surface area contributed by atoms with Crippen molar-refractivity contribution < 1.29 is 18.7 Å². The summed E-state index contributed by atoms with van der Waals surface area (Å²) >= 11 is 0. The number of furan rings is 1. The largest absolute Gasteiger partial charge is 0.490 e. The molecular weight excluding hydrogens is 378 g/mol. The summed E-state index contributed by atoms with van der Waals surface area (Å²) in [5, 5.41) is 4.96. The van der Waals surface area contributed by atoms with Crippen LogP contribution in [0.1, 0.15) is 37.0 Å². The summed E-state index contributed by atoms with van der Waals surface area (Å²) in [5.41, 5.74) is 2.84. The first-order valence-electron chi connectivity index (χ1n) is 10.3. The predicted molar refractivity (Wildman–Crippen MR) is 120 cm³/mol. The van der Waals surface area contributed by atoms with E-state index in [1.165, 1.54) is 0 Å². The van der Waals surface area contributed by atoms with Gasteiger partial charge in [-0.2, -0.15) is 0 Å².